The molecule has 1 aromatic carbocycles. The lowest BCUT2D eigenvalue weighted by molar-refractivity contribution is -0.157. The van der Waals surface area contributed by atoms with Crippen LogP contribution in [0.4, 0.5) is 18.9 Å². The molecule has 0 saturated heterocycles. The van der Waals surface area contributed by atoms with Gasteiger partial charge in [-0.1, -0.05) is 23.7 Å². The maximum Gasteiger partial charge on any atom is 0.397 e. The minimum absolute atomic E-state index is 0.157. The maximum absolute atomic E-state index is 13.4. The van der Waals surface area contributed by atoms with E-state index in [4.69, 9.17) is 11.6 Å². The molecule has 0 radical (unpaired) electrons. The van der Waals surface area contributed by atoms with E-state index in [2.05, 4.69) is 5.32 Å². The smallest absolute Gasteiger partial charge is 0.397 e. The van der Waals surface area contributed by atoms with E-state index in [1.54, 1.807) is 12.1 Å². The van der Waals surface area contributed by atoms with E-state index < -0.39 is 36.0 Å². The van der Waals surface area contributed by atoms with Gasteiger partial charge in [0.05, 0.1) is 22.1 Å². The topological polar surface area (TPSA) is 71.3 Å². The van der Waals surface area contributed by atoms with Gasteiger partial charge in [-0.2, -0.15) is 13.2 Å². The Kier molecular flexibility index (Phi) is 3.79. The molecule has 1 aliphatic heterocycles. The van der Waals surface area contributed by atoms with E-state index in [0.29, 0.717) is 0 Å². The van der Waals surface area contributed by atoms with Crippen molar-refractivity contribution in [2.24, 2.45) is 0 Å². The Labute approximate surface area is 138 Å². The van der Waals surface area contributed by atoms with Crippen molar-refractivity contribution in [3.63, 3.8) is 0 Å². The number of hydrogen-bond donors (Lipinski definition) is 2. The van der Waals surface area contributed by atoms with E-state index in [0.717, 1.165) is 10.8 Å². The molecule has 0 fully saturated rings. The first-order valence-electron chi connectivity index (χ1n) is 6.80. The number of carboxylic acid groups (broad SMARTS) is 1. The standard InChI is InChI=1S/C15H10ClF3N2O3/c16-9-3-1-2-4-10(9)21-6-7(14(23)24)12-13(21)8(15(17,18)19)5-11(22)20-12/h1-4,6,8H,5H2,(H,20,22)(H,23,24)/t8-/m1/s1. The molecular weight excluding hydrogens is 349 g/mol. The van der Waals surface area contributed by atoms with Crippen LogP contribution in [0.5, 0.6) is 0 Å². The summed E-state index contributed by atoms with van der Waals surface area (Å²) < 4.78 is 41.4. The average molecular weight is 359 g/mol. The monoisotopic (exact) mass is 358 g/mol. The maximum atomic E-state index is 13.4. The van der Waals surface area contributed by atoms with Gasteiger partial charge < -0.3 is 15.0 Å². The number of anilines is 1. The average Bonchev–Trinajstić information content (AvgIpc) is 2.85. The summed E-state index contributed by atoms with van der Waals surface area (Å²) in [6, 6.07) is 6.12. The third kappa shape index (κ3) is 2.62. The van der Waals surface area contributed by atoms with Gasteiger partial charge in [-0.05, 0) is 12.1 Å². The fraction of sp³-hybridized carbons (Fsp3) is 0.200. The highest BCUT2D eigenvalue weighted by Crippen LogP contribution is 2.46. The van der Waals surface area contributed by atoms with Crippen LogP contribution < -0.4 is 5.32 Å². The zero-order chi connectivity index (χ0) is 17.6. The van der Waals surface area contributed by atoms with E-state index in [1.807, 2.05) is 0 Å². The molecule has 1 atom stereocenters. The van der Waals surface area contributed by atoms with Gasteiger partial charge in [0, 0.05) is 12.6 Å². The van der Waals surface area contributed by atoms with Crippen LogP contribution >= 0.6 is 11.6 Å². The molecule has 9 heteroatoms. The molecule has 126 valence electrons. The molecule has 2 N–H and O–H groups in total. The molecule has 3 rings (SSSR count). The summed E-state index contributed by atoms with van der Waals surface area (Å²) in [5.74, 6) is -4.45. The second kappa shape index (κ2) is 5.55. The molecule has 1 aliphatic rings. The Bertz CT molecular complexity index is 845. The van der Waals surface area contributed by atoms with Crippen molar-refractivity contribution in [3.8, 4) is 5.69 Å². The predicted molar refractivity (Wildman–Crippen MR) is 79.8 cm³/mol. The summed E-state index contributed by atoms with van der Waals surface area (Å²) in [5, 5.41) is 11.7. The first kappa shape index (κ1) is 16.4. The summed E-state index contributed by atoms with van der Waals surface area (Å²) in [4.78, 5) is 23.0. The second-order valence-electron chi connectivity index (χ2n) is 5.28. The van der Waals surface area contributed by atoms with Crippen LogP contribution in [0.15, 0.2) is 30.5 Å². The van der Waals surface area contributed by atoms with Crippen LogP contribution in [0.25, 0.3) is 5.69 Å². The molecule has 0 saturated carbocycles. The van der Waals surface area contributed by atoms with Gasteiger partial charge in [0.15, 0.2) is 0 Å². The summed E-state index contributed by atoms with van der Waals surface area (Å²) in [5.41, 5.74) is -0.908. The van der Waals surface area contributed by atoms with Gasteiger partial charge >= 0.3 is 12.1 Å². The second-order valence-corrected chi connectivity index (χ2v) is 5.68. The van der Waals surface area contributed by atoms with Crippen LogP contribution in [0, 0.1) is 0 Å². The number of aromatic nitrogens is 1. The van der Waals surface area contributed by atoms with Crippen molar-refractivity contribution in [2.75, 3.05) is 5.32 Å². The third-order valence-corrected chi connectivity index (χ3v) is 4.08. The fourth-order valence-electron chi connectivity index (χ4n) is 2.75. The molecule has 5 nitrogen and oxygen atoms in total. The zero-order valence-electron chi connectivity index (χ0n) is 11.9. The zero-order valence-corrected chi connectivity index (χ0v) is 12.6. The molecule has 0 bridgehead atoms. The van der Waals surface area contributed by atoms with Gasteiger partial charge in [-0.25, -0.2) is 4.79 Å². The number of aromatic carboxylic acids is 1. The Hall–Kier alpha value is -2.48. The molecule has 2 heterocycles. The Morgan fingerprint density at radius 1 is 1.33 bits per heavy atom. The number of nitrogens with zero attached hydrogens (tertiary/aromatic N) is 1. The number of amides is 1. The first-order valence-corrected chi connectivity index (χ1v) is 7.18. The highest BCUT2D eigenvalue weighted by Gasteiger charge is 2.48. The minimum atomic E-state index is -4.71. The first-order chi connectivity index (χ1) is 11.2. The number of rotatable bonds is 2. The van der Waals surface area contributed by atoms with Gasteiger partial charge in [0.1, 0.15) is 11.5 Å². The molecule has 24 heavy (non-hydrogen) atoms. The van der Waals surface area contributed by atoms with Crippen LogP contribution in [-0.2, 0) is 4.79 Å². The molecule has 0 unspecified atom stereocenters. The molecule has 2 aromatic rings. The lowest BCUT2D eigenvalue weighted by atomic mass is 9.94. The van der Waals surface area contributed by atoms with Gasteiger partial charge in [-0.15, -0.1) is 0 Å². The predicted octanol–water partition coefficient (Wildman–Crippen LogP) is 3.82. The lowest BCUT2D eigenvalue weighted by Crippen LogP contribution is -2.33. The molecular formula is C15H10ClF3N2O3. The number of nitrogens with one attached hydrogen (secondary N) is 1. The van der Waals surface area contributed by atoms with Crippen LogP contribution in [-0.4, -0.2) is 27.7 Å². The number of fused-ring (bicyclic) bond motifs is 1. The fourth-order valence-corrected chi connectivity index (χ4v) is 2.97. The number of benzene rings is 1. The number of para-hydroxylation sites is 1. The summed E-state index contributed by atoms with van der Waals surface area (Å²) in [7, 11) is 0. The number of halogens is 4. The van der Waals surface area contributed by atoms with Crippen molar-refractivity contribution in [3.05, 3.63) is 46.7 Å². The lowest BCUT2D eigenvalue weighted by Gasteiger charge is -2.27. The Morgan fingerprint density at radius 2 is 2.00 bits per heavy atom. The SMILES string of the molecule is O=C1C[C@@H](C(F)(F)F)c2c(c(C(=O)O)cn2-c2ccccc2Cl)N1. The van der Waals surface area contributed by atoms with E-state index >= 15 is 0 Å². The van der Waals surface area contributed by atoms with Gasteiger partial charge in [0.25, 0.3) is 0 Å². The van der Waals surface area contributed by atoms with E-state index in [1.165, 1.54) is 12.1 Å². The number of hydrogen-bond acceptors (Lipinski definition) is 2. The molecule has 0 spiro atoms. The molecule has 1 aromatic heterocycles. The largest absolute Gasteiger partial charge is 0.478 e. The normalized spacial score (nSPS) is 17.3. The van der Waals surface area contributed by atoms with Gasteiger partial charge in [0.2, 0.25) is 5.91 Å². The van der Waals surface area contributed by atoms with Gasteiger partial charge in [-0.3, -0.25) is 4.79 Å². The summed E-state index contributed by atoms with van der Waals surface area (Å²) in [6.45, 7) is 0. The summed E-state index contributed by atoms with van der Waals surface area (Å²) >= 11 is 6.04. The van der Waals surface area contributed by atoms with Crippen molar-refractivity contribution in [1.82, 2.24) is 4.57 Å². The van der Waals surface area contributed by atoms with E-state index in [-0.39, 0.29) is 22.1 Å². The number of carboxylic acids is 1. The van der Waals surface area contributed by atoms with Crippen molar-refractivity contribution in [1.29, 1.82) is 0 Å². The minimum Gasteiger partial charge on any atom is -0.478 e. The highest BCUT2D eigenvalue weighted by atomic mass is 35.5. The van der Waals surface area contributed by atoms with Crippen molar-refractivity contribution < 1.29 is 27.9 Å². The van der Waals surface area contributed by atoms with E-state index in [9.17, 15) is 27.9 Å². The van der Waals surface area contributed by atoms with Crippen LogP contribution in [0.2, 0.25) is 5.02 Å². The Morgan fingerprint density at radius 3 is 2.58 bits per heavy atom. The highest BCUT2D eigenvalue weighted by molar-refractivity contribution is 6.32. The molecule has 0 aliphatic carbocycles. The molecule has 1 amide bonds. The number of carbonyl (C=O) groups excluding carboxylic acids is 1. The van der Waals surface area contributed by atoms with Crippen LogP contribution in [0.1, 0.15) is 28.4 Å². The van der Waals surface area contributed by atoms with Crippen molar-refractivity contribution in [2.45, 2.75) is 18.5 Å². The summed E-state index contributed by atoms with van der Waals surface area (Å²) in [6.07, 6.45) is -4.48. The number of carbonyl (C=O) groups is 2. The number of alkyl halides is 3. The van der Waals surface area contributed by atoms with Crippen molar-refractivity contribution >= 4 is 29.2 Å². The quantitative estimate of drug-likeness (QED) is 0.857. The third-order valence-electron chi connectivity index (χ3n) is 3.76. The Balaban J connectivity index is 2.33. The van der Waals surface area contributed by atoms with Crippen LogP contribution in [0.3, 0.4) is 0 Å².